The van der Waals surface area contributed by atoms with Gasteiger partial charge in [-0.05, 0) is 97.9 Å². The number of hydrogen-bond donors (Lipinski definition) is 1. The van der Waals surface area contributed by atoms with Gasteiger partial charge in [-0.15, -0.1) is 0 Å². The fourth-order valence-electron chi connectivity index (χ4n) is 8.45. The summed E-state index contributed by atoms with van der Waals surface area (Å²) in [4.78, 5) is 24.0. The van der Waals surface area contributed by atoms with Crippen molar-refractivity contribution in [2.45, 2.75) is 63.1 Å². The van der Waals surface area contributed by atoms with Crippen molar-refractivity contribution < 1.29 is 33.0 Å². The van der Waals surface area contributed by atoms with Gasteiger partial charge in [-0.3, -0.25) is 0 Å². The highest BCUT2D eigenvalue weighted by Crippen LogP contribution is 2.70. The van der Waals surface area contributed by atoms with Gasteiger partial charge < -0.3 is 14.6 Å². The summed E-state index contributed by atoms with van der Waals surface area (Å²) in [5, 5.41) is 9.05. The number of alkyl halides is 2. The maximum absolute atomic E-state index is 14.5. The van der Waals surface area contributed by atoms with E-state index in [-0.39, 0.29) is 16.7 Å². The smallest absolute Gasteiger partial charge is 0.382 e. The van der Waals surface area contributed by atoms with Crippen LogP contribution in [0.5, 0.6) is 5.75 Å². The first-order valence-corrected chi connectivity index (χ1v) is 13.4. The van der Waals surface area contributed by atoms with E-state index in [4.69, 9.17) is 14.6 Å². The number of carbonyl (C=O) groups is 2. The van der Waals surface area contributed by atoms with Crippen LogP contribution in [-0.4, -0.2) is 28.6 Å². The van der Waals surface area contributed by atoms with E-state index in [1.54, 1.807) is 18.2 Å². The van der Waals surface area contributed by atoms with Gasteiger partial charge in [0.15, 0.2) is 0 Å². The Kier molecular flexibility index (Phi) is 5.81. The van der Waals surface area contributed by atoms with E-state index in [0.29, 0.717) is 11.7 Å². The minimum absolute atomic E-state index is 0.0566. The Hall–Kier alpha value is -2.96. The highest BCUT2D eigenvalue weighted by molar-refractivity contribution is 5.90. The van der Waals surface area contributed by atoms with Gasteiger partial charge in [-0.2, -0.15) is 8.78 Å². The third-order valence-electron chi connectivity index (χ3n) is 9.85. The van der Waals surface area contributed by atoms with Crippen molar-refractivity contribution >= 4 is 11.9 Å². The van der Waals surface area contributed by atoms with Crippen LogP contribution in [0.3, 0.4) is 0 Å². The Balaban J connectivity index is 1.18. The number of carboxylic acid groups (broad SMARTS) is 1. The van der Waals surface area contributed by atoms with Crippen LogP contribution in [0.15, 0.2) is 54.6 Å². The summed E-state index contributed by atoms with van der Waals surface area (Å²) in [6, 6.07) is 13.6. The number of ether oxygens (including phenoxy) is 2. The molecule has 0 aliphatic heterocycles. The molecule has 0 aromatic heterocycles. The van der Waals surface area contributed by atoms with E-state index in [2.05, 4.69) is 6.92 Å². The largest absolute Gasteiger partial charge is 0.487 e. The number of benzene rings is 2. The van der Waals surface area contributed by atoms with Gasteiger partial charge >= 0.3 is 17.9 Å². The number of rotatable bonds is 8. The number of aliphatic carboxylic acids is 1. The Morgan fingerprint density at radius 1 is 1.00 bits per heavy atom. The van der Waals surface area contributed by atoms with Crippen molar-refractivity contribution in [1.82, 2.24) is 0 Å². The van der Waals surface area contributed by atoms with Crippen molar-refractivity contribution in [2.24, 2.45) is 35.5 Å². The number of esters is 1. The van der Waals surface area contributed by atoms with Crippen LogP contribution in [0, 0.1) is 35.5 Å². The molecule has 0 radical (unpaired) electrons. The van der Waals surface area contributed by atoms with Crippen molar-refractivity contribution in [3.63, 3.8) is 0 Å². The van der Waals surface area contributed by atoms with E-state index in [9.17, 15) is 18.4 Å². The number of halogens is 2. The van der Waals surface area contributed by atoms with E-state index < -0.39 is 24.0 Å². The van der Waals surface area contributed by atoms with Crippen molar-refractivity contribution in [2.75, 3.05) is 0 Å². The lowest BCUT2D eigenvalue weighted by Gasteiger charge is -2.46. The predicted molar refractivity (Wildman–Crippen MR) is 131 cm³/mol. The standard InChI is InChI=1S/C30H32F2O5/c1-2-29(16-21-15-23(29)25-20-9-8-19(14-20)24(21)25)37-22-12-10-18(11-13-22)27(33)36-26(30(31,32)28(34)35)17-6-4-3-5-7-17/h3-7,10-13,19-21,23-26H,2,8-9,14-16H2,1H3,(H,34,35). The molecule has 0 spiro atoms. The Bertz CT molecular complexity index is 1180. The monoisotopic (exact) mass is 510 g/mol. The van der Waals surface area contributed by atoms with Crippen LogP contribution >= 0.6 is 0 Å². The Morgan fingerprint density at radius 2 is 1.68 bits per heavy atom. The lowest BCUT2D eigenvalue weighted by Crippen LogP contribution is -2.48. The molecule has 0 saturated heterocycles. The summed E-state index contributed by atoms with van der Waals surface area (Å²) in [5.41, 5.74) is -0.232. The molecule has 0 amide bonds. The molecule has 0 heterocycles. The van der Waals surface area contributed by atoms with E-state index in [0.717, 1.165) is 42.4 Å². The summed E-state index contributed by atoms with van der Waals surface area (Å²) in [6.07, 6.45) is 5.16. The molecule has 5 nitrogen and oxygen atoms in total. The zero-order chi connectivity index (χ0) is 25.9. The average molecular weight is 511 g/mol. The average Bonchev–Trinajstić information content (AvgIpc) is 3.68. The van der Waals surface area contributed by atoms with Gasteiger partial charge in [0, 0.05) is 5.92 Å². The summed E-state index contributed by atoms with van der Waals surface area (Å²) in [7, 11) is 0. The zero-order valence-corrected chi connectivity index (χ0v) is 20.8. The number of fused-ring (bicyclic) bond motifs is 9. The van der Waals surface area contributed by atoms with Gasteiger partial charge in [0.1, 0.15) is 11.4 Å². The van der Waals surface area contributed by atoms with Crippen molar-refractivity contribution in [1.29, 1.82) is 0 Å². The first-order valence-electron chi connectivity index (χ1n) is 13.4. The molecule has 2 aromatic rings. The molecule has 7 heteroatoms. The fourth-order valence-corrected chi connectivity index (χ4v) is 8.45. The molecule has 1 N–H and O–H groups in total. The molecule has 37 heavy (non-hydrogen) atoms. The zero-order valence-electron chi connectivity index (χ0n) is 20.8. The quantitative estimate of drug-likeness (QED) is 0.323. The molecule has 196 valence electrons. The summed E-state index contributed by atoms with van der Waals surface area (Å²) in [6.45, 7) is 2.20. The summed E-state index contributed by atoms with van der Waals surface area (Å²) < 4.78 is 40.7. The third kappa shape index (κ3) is 3.84. The molecular weight excluding hydrogens is 478 g/mol. The lowest BCUT2D eigenvalue weighted by molar-refractivity contribution is -0.183. The lowest BCUT2D eigenvalue weighted by atomic mass is 9.65. The normalized spacial score (nSPS) is 34.2. The van der Waals surface area contributed by atoms with Crippen LogP contribution < -0.4 is 4.74 Å². The van der Waals surface area contributed by atoms with Gasteiger partial charge in [0.25, 0.3) is 0 Å². The second kappa shape index (κ2) is 8.81. The Morgan fingerprint density at radius 3 is 2.32 bits per heavy atom. The summed E-state index contributed by atoms with van der Waals surface area (Å²) in [5.74, 6) is -2.28. The summed E-state index contributed by atoms with van der Waals surface area (Å²) >= 11 is 0. The molecule has 4 aliphatic rings. The molecule has 4 saturated carbocycles. The van der Waals surface area contributed by atoms with E-state index in [1.165, 1.54) is 62.1 Å². The fraction of sp³-hybridized carbons (Fsp3) is 0.533. The van der Waals surface area contributed by atoms with Crippen LogP contribution in [0.1, 0.15) is 67.5 Å². The molecular formula is C30H32F2O5. The van der Waals surface area contributed by atoms with Gasteiger partial charge in [-0.25, -0.2) is 9.59 Å². The number of hydrogen-bond acceptors (Lipinski definition) is 4. The van der Waals surface area contributed by atoms with E-state index >= 15 is 0 Å². The molecule has 2 aromatic carbocycles. The Labute approximate surface area is 215 Å². The molecule has 8 unspecified atom stereocenters. The second-order valence-corrected chi connectivity index (χ2v) is 11.5. The first kappa shape index (κ1) is 24.4. The van der Waals surface area contributed by atoms with E-state index in [1.807, 2.05) is 0 Å². The maximum atomic E-state index is 14.5. The number of carbonyl (C=O) groups excluding carboxylic acids is 1. The van der Waals surface area contributed by atoms with Crippen LogP contribution in [0.4, 0.5) is 8.78 Å². The minimum atomic E-state index is -4.28. The van der Waals surface area contributed by atoms with Crippen LogP contribution in [0.2, 0.25) is 0 Å². The first-order chi connectivity index (χ1) is 17.7. The second-order valence-electron chi connectivity index (χ2n) is 11.5. The highest BCUT2D eigenvalue weighted by atomic mass is 19.3. The molecule has 4 fully saturated rings. The van der Waals surface area contributed by atoms with Gasteiger partial charge in [-0.1, -0.05) is 37.3 Å². The predicted octanol–water partition coefficient (Wildman–Crippen LogP) is 6.53. The SMILES string of the molecule is CCC1(Oc2ccc(C(=O)OC(c3ccccc3)C(F)(F)C(=O)O)cc2)CC2CC1C1C3CCC(C3)C21. The molecule has 8 atom stereocenters. The molecule has 4 aliphatic carbocycles. The highest BCUT2D eigenvalue weighted by Gasteiger charge is 2.67. The molecule has 6 rings (SSSR count). The van der Waals surface area contributed by atoms with Gasteiger partial charge in [0.2, 0.25) is 6.10 Å². The number of carboxylic acids is 1. The third-order valence-corrected chi connectivity index (χ3v) is 9.85. The topological polar surface area (TPSA) is 72.8 Å². The molecule has 4 bridgehead atoms. The van der Waals surface area contributed by atoms with Gasteiger partial charge in [0.05, 0.1) is 5.56 Å². The maximum Gasteiger partial charge on any atom is 0.382 e. The van der Waals surface area contributed by atoms with Crippen molar-refractivity contribution in [3.05, 3.63) is 65.7 Å². The minimum Gasteiger partial charge on any atom is -0.487 e. The van der Waals surface area contributed by atoms with Crippen LogP contribution in [0.25, 0.3) is 0 Å². The van der Waals surface area contributed by atoms with Crippen molar-refractivity contribution in [3.8, 4) is 5.75 Å². The van der Waals surface area contributed by atoms with Crippen LogP contribution in [-0.2, 0) is 9.53 Å².